The zero-order chi connectivity index (χ0) is 15.6. The monoisotopic (exact) mass is 295 g/mol. The largest absolute Gasteiger partial charge is 0.246 e. The van der Waals surface area contributed by atoms with Crippen LogP contribution in [-0.4, -0.2) is 13.2 Å². The Morgan fingerprint density at radius 1 is 0.864 bits per heavy atom. The Morgan fingerprint density at radius 2 is 1.36 bits per heavy atom. The van der Waals surface area contributed by atoms with E-state index < -0.39 is 0 Å². The van der Waals surface area contributed by atoms with Gasteiger partial charge in [0.1, 0.15) is 6.67 Å². The molecule has 0 saturated carbocycles. The second-order valence-corrected chi connectivity index (χ2v) is 4.34. The average molecular weight is 295 g/mol. The maximum absolute atomic E-state index is 8.51. The fraction of sp³-hybridized carbons (Fsp3) is 0.200. The Hall–Kier alpha value is -3.05. The topological polar surface area (TPSA) is 80.0 Å². The average Bonchev–Trinajstić information content (AvgIpc) is 2.60. The van der Waals surface area contributed by atoms with E-state index in [9.17, 15) is 0 Å². The number of rotatable bonds is 7. The van der Waals surface area contributed by atoms with Crippen LogP contribution in [0.1, 0.15) is 6.92 Å². The predicted molar refractivity (Wildman–Crippen MR) is 87.3 cm³/mol. The van der Waals surface area contributed by atoms with Gasteiger partial charge in [-0.2, -0.15) is 0 Å². The van der Waals surface area contributed by atoms with E-state index in [1.807, 2.05) is 67.6 Å². The van der Waals surface area contributed by atoms with Crippen molar-refractivity contribution in [3.05, 3.63) is 71.1 Å². The fourth-order valence-corrected chi connectivity index (χ4v) is 1.84. The van der Waals surface area contributed by atoms with Crippen LogP contribution in [0.25, 0.3) is 10.4 Å². The quantitative estimate of drug-likeness (QED) is 0.324. The number of hydrogen-bond acceptors (Lipinski definition) is 3. The highest BCUT2D eigenvalue weighted by Gasteiger charge is 2.05. The van der Waals surface area contributed by atoms with Crippen LogP contribution in [0.5, 0.6) is 0 Å². The lowest BCUT2D eigenvalue weighted by molar-refractivity contribution is 0.732. The molecule has 0 radical (unpaired) electrons. The first-order valence-electron chi connectivity index (χ1n) is 6.92. The highest BCUT2D eigenvalue weighted by atomic mass is 15.7. The molecule has 0 unspecified atom stereocenters. The van der Waals surface area contributed by atoms with Gasteiger partial charge in [0.15, 0.2) is 0 Å². The molecular weight excluding hydrogens is 278 g/mol. The van der Waals surface area contributed by atoms with Crippen LogP contribution >= 0.6 is 0 Å². The summed E-state index contributed by atoms with van der Waals surface area (Å²) in [7, 11) is 0. The van der Waals surface area contributed by atoms with Crippen LogP contribution in [0.2, 0.25) is 0 Å². The molecule has 2 rings (SSSR count). The Morgan fingerprint density at radius 3 is 1.86 bits per heavy atom. The molecule has 0 aliphatic carbocycles. The van der Waals surface area contributed by atoms with Gasteiger partial charge in [-0.1, -0.05) is 41.5 Å². The zero-order valence-corrected chi connectivity index (χ0v) is 12.3. The molecule has 0 heterocycles. The Balaban J connectivity index is 2.19. The van der Waals surface area contributed by atoms with Crippen molar-refractivity contribution in [3.8, 4) is 0 Å². The predicted octanol–water partition coefficient (Wildman–Crippen LogP) is 4.57. The third kappa shape index (κ3) is 4.22. The lowest BCUT2D eigenvalue weighted by Gasteiger charge is -2.19. The third-order valence-electron chi connectivity index (χ3n) is 2.92. The molecule has 0 fully saturated rings. The molecule has 0 saturated heterocycles. The number of para-hydroxylation sites is 2. The highest BCUT2D eigenvalue weighted by molar-refractivity contribution is 5.46. The van der Waals surface area contributed by atoms with Gasteiger partial charge in [0.25, 0.3) is 0 Å². The van der Waals surface area contributed by atoms with Crippen LogP contribution in [0, 0.1) is 0 Å². The molecule has 0 aliphatic heterocycles. The summed E-state index contributed by atoms with van der Waals surface area (Å²) in [6.45, 7) is 2.75. The second kappa shape index (κ2) is 8.28. The van der Waals surface area contributed by atoms with Gasteiger partial charge in [0.2, 0.25) is 0 Å². The minimum Gasteiger partial charge on any atom is -0.246 e. The summed E-state index contributed by atoms with van der Waals surface area (Å²) in [6.07, 6.45) is 0. The van der Waals surface area contributed by atoms with Crippen molar-refractivity contribution in [2.45, 2.75) is 6.92 Å². The van der Waals surface area contributed by atoms with Crippen molar-refractivity contribution >= 4 is 11.4 Å². The maximum atomic E-state index is 8.51. The fourth-order valence-electron chi connectivity index (χ4n) is 1.84. The van der Waals surface area contributed by atoms with Crippen LogP contribution in [0.15, 0.2) is 76.2 Å². The van der Waals surface area contributed by atoms with Gasteiger partial charge in [0.05, 0.1) is 11.4 Å². The number of hydrogen-bond donors (Lipinski definition) is 0. The third-order valence-corrected chi connectivity index (χ3v) is 2.92. The first-order valence-corrected chi connectivity index (χ1v) is 6.92. The van der Waals surface area contributed by atoms with E-state index >= 15 is 0 Å². The molecule has 0 aliphatic rings. The van der Waals surface area contributed by atoms with Gasteiger partial charge in [0, 0.05) is 11.5 Å². The minimum absolute atomic E-state index is 0.0797. The Bertz CT molecular complexity index is 635. The van der Waals surface area contributed by atoms with Gasteiger partial charge in [-0.25, -0.2) is 10.0 Å². The van der Waals surface area contributed by atoms with Crippen molar-refractivity contribution in [1.29, 1.82) is 0 Å². The lowest BCUT2D eigenvalue weighted by atomic mass is 10.3. The summed E-state index contributed by atoms with van der Waals surface area (Å²) in [5, 5.41) is 15.3. The van der Waals surface area contributed by atoms with E-state index in [4.69, 9.17) is 5.53 Å². The summed E-state index contributed by atoms with van der Waals surface area (Å²) >= 11 is 0. The van der Waals surface area contributed by atoms with Crippen LogP contribution in [-0.2, 0) is 0 Å². The molecule has 0 spiro atoms. The summed E-state index contributed by atoms with van der Waals surface area (Å²) in [5.74, 6) is 0. The molecule has 0 atom stereocenters. The number of benzene rings is 2. The van der Waals surface area contributed by atoms with Gasteiger partial charge in [-0.05, 0) is 47.2 Å². The van der Waals surface area contributed by atoms with Crippen molar-refractivity contribution in [3.63, 3.8) is 0 Å². The molecule has 0 amide bonds. The molecular formula is C15H17N7. The first kappa shape index (κ1) is 15.3. The van der Waals surface area contributed by atoms with Gasteiger partial charge >= 0.3 is 0 Å². The molecule has 7 heteroatoms. The van der Waals surface area contributed by atoms with Crippen molar-refractivity contribution in [2.24, 2.45) is 15.6 Å². The number of azide groups is 1. The van der Waals surface area contributed by atoms with Gasteiger partial charge in [-0.3, -0.25) is 0 Å². The summed E-state index contributed by atoms with van der Waals surface area (Å²) < 4.78 is 0. The van der Waals surface area contributed by atoms with E-state index in [-0.39, 0.29) is 6.67 Å². The molecule has 7 nitrogen and oxygen atoms in total. The number of nitrogens with zero attached hydrogens (tertiary/aromatic N) is 7. The number of anilines is 2. The normalized spacial score (nSPS) is 10.2. The molecule has 22 heavy (non-hydrogen) atoms. The lowest BCUT2D eigenvalue weighted by Crippen LogP contribution is -2.19. The van der Waals surface area contributed by atoms with E-state index in [2.05, 4.69) is 20.5 Å². The zero-order valence-electron chi connectivity index (χ0n) is 12.3. The highest BCUT2D eigenvalue weighted by Crippen LogP contribution is 2.17. The van der Waals surface area contributed by atoms with Crippen LogP contribution in [0.4, 0.5) is 11.4 Å². The molecule has 0 aromatic heterocycles. The Kier molecular flexibility index (Phi) is 5.78. The van der Waals surface area contributed by atoms with E-state index in [0.717, 1.165) is 11.4 Å². The van der Waals surface area contributed by atoms with Gasteiger partial charge < -0.3 is 0 Å². The summed E-state index contributed by atoms with van der Waals surface area (Å²) in [5.41, 5.74) is 10.3. The molecule has 112 valence electrons. The smallest absolute Gasteiger partial charge is 0.122 e. The van der Waals surface area contributed by atoms with Crippen LogP contribution < -0.4 is 10.0 Å². The van der Waals surface area contributed by atoms with E-state index in [1.54, 1.807) is 10.0 Å². The van der Waals surface area contributed by atoms with Gasteiger partial charge in [-0.15, -0.1) is 0 Å². The van der Waals surface area contributed by atoms with E-state index in [1.165, 1.54) is 0 Å². The summed E-state index contributed by atoms with van der Waals surface area (Å²) in [4.78, 5) is 2.77. The molecule has 0 bridgehead atoms. The summed E-state index contributed by atoms with van der Waals surface area (Å²) in [6, 6.07) is 19.2. The first-order chi connectivity index (χ1) is 10.8. The van der Waals surface area contributed by atoms with Crippen molar-refractivity contribution < 1.29 is 0 Å². The van der Waals surface area contributed by atoms with E-state index in [0.29, 0.717) is 6.54 Å². The maximum Gasteiger partial charge on any atom is 0.122 e. The minimum atomic E-state index is 0.0797. The molecule has 0 N–H and O–H groups in total. The second-order valence-electron chi connectivity index (χ2n) is 4.34. The SMILES string of the molecule is CCN(/N=N/N(CN=[N+]=[N-])c1ccccc1)c1ccccc1. The standard InChI is InChI=1S/C15H17N7/c1-2-21(14-9-5-3-6-10-14)19-20-22(13-17-18-16)15-11-7-4-8-12-15/h3-12H,2,13H2,1H3/b20-19+. The van der Waals surface area contributed by atoms with Crippen molar-refractivity contribution in [1.82, 2.24) is 0 Å². The van der Waals surface area contributed by atoms with Crippen LogP contribution in [0.3, 0.4) is 0 Å². The Labute approximate surface area is 129 Å². The molecule has 2 aromatic rings. The molecule has 2 aromatic carbocycles. The van der Waals surface area contributed by atoms with Crippen molar-refractivity contribution in [2.75, 3.05) is 23.2 Å².